The summed E-state index contributed by atoms with van der Waals surface area (Å²) in [5.41, 5.74) is 0.507. The lowest BCUT2D eigenvalue weighted by Gasteiger charge is -2.38. The van der Waals surface area contributed by atoms with Gasteiger partial charge in [0.25, 0.3) is 0 Å². The molecule has 0 radical (unpaired) electrons. The molecule has 1 aliphatic rings. The summed E-state index contributed by atoms with van der Waals surface area (Å²) in [6.07, 6.45) is 2.93. The summed E-state index contributed by atoms with van der Waals surface area (Å²) >= 11 is 3.33. The van der Waals surface area contributed by atoms with E-state index in [1.54, 1.807) is 12.1 Å². The number of nitrogens with one attached hydrogen (secondary N) is 1. The highest BCUT2D eigenvalue weighted by Crippen LogP contribution is 2.33. The second kappa shape index (κ2) is 4.37. The van der Waals surface area contributed by atoms with Crippen molar-refractivity contribution in [3.05, 3.63) is 28.2 Å². The van der Waals surface area contributed by atoms with E-state index in [9.17, 15) is 8.42 Å². The highest BCUT2D eigenvalue weighted by molar-refractivity contribution is 9.10. The van der Waals surface area contributed by atoms with Gasteiger partial charge in [-0.3, -0.25) is 0 Å². The van der Waals surface area contributed by atoms with E-state index < -0.39 is 10.0 Å². The molecular weight excluding hydrogens is 302 g/mol. The van der Waals surface area contributed by atoms with Crippen molar-refractivity contribution in [3.63, 3.8) is 0 Å². The first-order valence-corrected chi connectivity index (χ1v) is 7.90. The third-order valence-electron chi connectivity index (χ3n) is 3.26. The van der Waals surface area contributed by atoms with Crippen molar-refractivity contribution in [2.24, 2.45) is 0 Å². The van der Waals surface area contributed by atoms with E-state index in [0.29, 0.717) is 4.90 Å². The van der Waals surface area contributed by atoms with Crippen LogP contribution in [0.25, 0.3) is 0 Å². The smallest absolute Gasteiger partial charge is 0.207 e. The Balaban J connectivity index is 2.31. The van der Waals surface area contributed by atoms with Crippen LogP contribution in [0.15, 0.2) is 27.6 Å². The van der Waals surface area contributed by atoms with Gasteiger partial charge in [-0.2, -0.15) is 0 Å². The first-order chi connectivity index (χ1) is 7.82. The van der Waals surface area contributed by atoms with E-state index >= 15 is 0 Å². The van der Waals surface area contributed by atoms with Crippen LogP contribution in [0.5, 0.6) is 0 Å². The summed E-state index contributed by atoms with van der Waals surface area (Å²) in [6, 6.07) is 5.21. The van der Waals surface area contributed by atoms with Crippen LogP contribution in [-0.2, 0) is 10.0 Å². The molecule has 1 aliphatic carbocycles. The van der Waals surface area contributed by atoms with E-state index in [0.717, 1.165) is 29.3 Å². The van der Waals surface area contributed by atoms with Crippen molar-refractivity contribution in [1.29, 1.82) is 0 Å². The third kappa shape index (κ3) is 2.72. The Hall–Kier alpha value is -0.390. The topological polar surface area (TPSA) is 46.2 Å². The highest BCUT2D eigenvalue weighted by atomic mass is 79.9. The minimum Gasteiger partial charge on any atom is -0.207 e. The van der Waals surface area contributed by atoms with E-state index in [2.05, 4.69) is 20.7 Å². The molecule has 0 spiro atoms. The Bertz CT molecular complexity index is 535. The minimum absolute atomic E-state index is 0.252. The van der Waals surface area contributed by atoms with Crippen LogP contribution in [0, 0.1) is 6.92 Å². The second-order valence-electron chi connectivity index (χ2n) is 4.93. The molecule has 1 fully saturated rings. The van der Waals surface area contributed by atoms with E-state index in [-0.39, 0.29) is 5.54 Å². The molecule has 1 aromatic rings. The molecule has 17 heavy (non-hydrogen) atoms. The second-order valence-corrected chi connectivity index (χ2v) is 7.50. The SMILES string of the molecule is Cc1cc(Br)ccc1S(=O)(=O)NC1(C)CCC1. The van der Waals surface area contributed by atoms with Crippen molar-refractivity contribution in [1.82, 2.24) is 4.72 Å². The largest absolute Gasteiger partial charge is 0.241 e. The van der Waals surface area contributed by atoms with Crippen LogP contribution in [0.4, 0.5) is 0 Å². The van der Waals surface area contributed by atoms with Gasteiger partial charge in [0.1, 0.15) is 0 Å². The first-order valence-electron chi connectivity index (χ1n) is 5.63. The normalized spacial score (nSPS) is 18.8. The molecule has 0 saturated heterocycles. The fourth-order valence-corrected chi connectivity index (χ4v) is 4.27. The van der Waals surface area contributed by atoms with Gasteiger partial charge in [0.15, 0.2) is 0 Å². The molecule has 0 atom stereocenters. The van der Waals surface area contributed by atoms with Crippen LogP contribution >= 0.6 is 15.9 Å². The third-order valence-corrected chi connectivity index (χ3v) is 5.56. The Labute approximate surface area is 111 Å². The number of halogens is 1. The van der Waals surface area contributed by atoms with Crippen LogP contribution in [0.3, 0.4) is 0 Å². The summed E-state index contributed by atoms with van der Waals surface area (Å²) in [4.78, 5) is 0.369. The van der Waals surface area contributed by atoms with E-state index in [1.165, 1.54) is 0 Å². The van der Waals surface area contributed by atoms with Gasteiger partial charge in [-0.15, -0.1) is 0 Å². The summed E-state index contributed by atoms with van der Waals surface area (Å²) in [5.74, 6) is 0. The van der Waals surface area contributed by atoms with Crippen LogP contribution in [0.1, 0.15) is 31.7 Å². The number of aryl methyl sites for hydroxylation is 1. The Morgan fingerprint density at radius 1 is 1.35 bits per heavy atom. The van der Waals surface area contributed by atoms with Gasteiger partial charge in [-0.1, -0.05) is 15.9 Å². The Kier molecular flexibility index (Phi) is 3.36. The molecule has 0 unspecified atom stereocenters. The van der Waals surface area contributed by atoms with Gasteiger partial charge < -0.3 is 0 Å². The number of hydrogen-bond donors (Lipinski definition) is 1. The molecule has 0 bridgehead atoms. The molecule has 94 valence electrons. The number of benzene rings is 1. The van der Waals surface area contributed by atoms with Crippen molar-refractivity contribution in [3.8, 4) is 0 Å². The molecule has 1 aromatic carbocycles. The molecule has 0 heterocycles. The van der Waals surface area contributed by atoms with Gasteiger partial charge >= 0.3 is 0 Å². The maximum Gasteiger partial charge on any atom is 0.241 e. The maximum absolute atomic E-state index is 12.2. The van der Waals surface area contributed by atoms with E-state index in [1.807, 2.05) is 19.9 Å². The van der Waals surface area contributed by atoms with Gasteiger partial charge in [-0.25, -0.2) is 13.1 Å². The molecule has 2 rings (SSSR count). The summed E-state index contributed by atoms with van der Waals surface area (Å²) in [6.45, 7) is 3.77. The fourth-order valence-electron chi connectivity index (χ4n) is 2.10. The quantitative estimate of drug-likeness (QED) is 0.931. The molecule has 0 aliphatic heterocycles. The Morgan fingerprint density at radius 3 is 2.47 bits per heavy atom. The Morgan fingerprint density at radius 2 is 2.00 bits per heavy atom. The maximum atomic E-state index is 12.2. The predicted molar refractivity (Wildman–Crippen MR) is 71.5 cm³/mol. The van der Waals surface area contributed by atoms with Crippen molar-refractivity contribution in [2.75, 3.05) is 0 Å². The van der Waals surface area contributed by atoms with Gasteiger partial charge in [0.05, 0.1) is 4.90 Å². The van der Waals surface area contributed by atoms with Gasteiger partial charge in [0.2, 0.25) is 10.0 Å². The van der Waals surface area contributed by atoms with E-state index in [4.69, 9.17) is 0 Å². The zero-order valence-corrected chi connectivity index (χ0v) is 12.4. The number of rotatable bonds is 3. The molecule has 0 aromatic heterocycles. The van der Waals surface area contributed by atoms with Gasteiger partial charge in [0, 0.05) is 10.0 Å². The summed E-state index contributed by atoms with van der Waals surface area (Å²) in [7, 11) is -3.40. The lowest BCUT2D eigenvalue weighted by atomic mass is 9.80. The average molecular weight is 318 g/mol. The van der Waals surface area contributed by atoms with Crippen molar-refractivity contribution in [2.45, 2.75) is 43.5 Å². The number of sulfonamides is 1. The molecule has 1 saturated carbocycles. The predicted octanol–water partition coefficient (Wildman–Crippen LogP) is 2.98. The van der Waals surface area contributed by atoms with Crippen molar-refractivity contribution >= 4 is 26.0 Å². The first kappa shape index (κ1) is 13.1. The minimum atomic E-state index is -3.40. The molecule has 1 N–H and O–H groups in total. The van der Waals surface area contributed by atoms with Crippen LogP contribution < -0.4 is 4.72 Å². The lowest BCUT2D eigenvalue weighted by Crippen LogP contribution is -2.50. The highest BCUT2D eigenvalue weighted by Gasteiger charge is 2.36. The molecule has 3 nitrogen and oxygen atoms in total. The molecular formula is C12H16BrNO2S. The summed E-state index contributed by atoms with van der Waals surface area (Å²) in [5, 5.41) is 0. The zero-order valence-electron chi connectivity index (χ0n) is 9.96. The van der Waals surface area contributed by atoms with Crippen LogP contribution in [-0.4, -0.2) is 14.0 Å². The fraction of sp³-hybridized carbons (Fsp3) is 0.500. The number of hydrogen-bond acceptors (Lipinski definition) is 2. The van der Waals surface area contributed by atoms with Gasteiger partial charge in [-0.05, 0) is 56.9 Å². The monoisotopic (exact) mass is 317 g/mol. The zero-order chi connectivity index (χ0) is 12.7. The molecule has 5 heteroatoms. The standard InChI is InChI=1S/C12H16BrNO2S/c1-9-8-10(13)4-5-11(9)17(15,16)14-12(2)6-3-7-12/h4-5,8,14H,3,6-7H2,1-2H3. The summed E-state index contributed by atoms with van der Waals surface area (Å²) < 4.78 is 28.2. The van der Waals surface area contributed by atoms with Crippen molar-refractivity contribution < 1.29 is 8.42 Å². The molecule has 0 amide bonds. The lowest BCUT2D eigenvalue weighted by molar-refractivity contribution is 0.248. The van der Waals surface area contributed by atoms with Crippen LogP contribution in [0.2, 0.25) is 0 Å². The average Bonchev–Trinajstić information content (AvgIpc) is 2.13.